The molecule has 5 nitrogen and oxygen atoms in total. The van der Waals surface area contributed by atoms with Crippen LogP contribution in [0.25, 0.3) is 0 Å². The van der Waals surface area contributed by atoms with Crippen LogP contribution >= 0.6 is 0 Å². The molecule has 0 aliphatic carbocycles. The van der Waals surface area contributed by atoms with Crippen LogP contribution in [0.3, 0.4) is 0 Å². The van der Waals surface area contributed by atoms with Gasteiger partial charge < -0.3 is 16.0 Å². The highest BCUT2D eigenvalue weighted by Gasteiger charge is 2.00. The highest BCUT2D eigenvalue weighted by molar-refractivity contribution is 5.88. The number of aliphatic imine (C=N–C) groups is 1. The number of hydrogen-bond donors (Lipinski definition) is 3. The number of benzene rings is 1. The molecule has 0 saturated heterocycles. The molecule has 128 valence electrons. The lowest BCUT2D eigenvalue weighted by Gasteiger charge is -2.12. The van der Waals surface area contributed by atoms with E-state index in [-0.39, 0.29) is 5.91 Å². The largest absolute Gasteiger partial charge is 0.356 e. The zero-order chi connectivity index (χ0) is 17.1. The molecule has 0 aliphatic rings. The van der Waals surface area contributed by atoms with Gasteiger partial charge in [0.15, 0.2) is 5.96 Å². The van der Waals surface area contributed by atoms with E-state index in [1.165, 1.54) is 18.9 Å². The van der Waals surface area contributed by atoms with Crippen molar-refractivity contribution in [3.8, 4) is 0 Å². The van der Waals surface area contributed by atoms with Crippen molar-refractivity contribution in [2.75, 3.05) is 25.5 Å². The van der Waals surface area contributed by atoms with E-state index in [4.69, 9.17) is 0 Å². The topological polar surface area (TPSA) is 65.5 Å². The molecule has 0 atom stereocenters. The maximum absolute atomic E-state index is 11.0. The summed E-state index contributed by atoms with van der Waals surface area (Å²) in [4.78, 5) is 15.2. The molecule has 23 heavy (non-hydrogen) atoms. The molecule has 0 fully saturated rings. The lowest BCUT2D eigenvalue weighted by Crippen LogP contribution is -2.38. The minimum absolute atomic E-state index is 0.0493. The fourth-order valence-electron chi connectivity index (χ4n) is 2.22. The van der Waals surface area contributed by atoms with Crippen LogP contribution in [0.5, 0.6) is 0 Å². The highest BCUT2D eigenvalue weighted by Crippen LogP contribution is 2.09. The van der Waals surface area contributed by atoms with Crippen LogP contribution in [-0.4, -0.2) is 32.0 Å². The van der Waals surface area contributed by atoms with Crippen LogP contribution < -0.4 is 16.0 Å². The van der Waals surface area contributed by atoms with Crippen LogP contribution in [0.15, 0.2) is 29.3 Å². The third-order valence-electron chi connectivity index (χ3n) is 3.45. The summed E-state index contributed by atoms with van der Waals surface area (Å²) in [6.45, 7) is 7.76. The summed E-state index contributed by atoms with van der Waals surface area (Å²) in [5.74, 6) is 1.54. The van der Waals surface area contributed by atoms with Crippen LogP contribution in [0.2, 0.25) is 0 Å². The van der Waals surface area contributed by atoms with Crippen LogP contribution in [0, 0.1) is 5.92 Å². The Bertz CT molecular complexity index is 494. The first-order valence-corrected chi connectivity index (χ1v) is 8.32. The average molecular weight is 318 g/mol. The van der Waals surface area contributed by atoms with E-state index < -0.39 is 0 Å². The molecule has 1 aromatic rings. The molecule has 3 N–H and O–H groups in total. The first-order valence-electron chi connectivity index (χ1n) is 8.32. The van der Waals surface area contributed by atoms with Crippen molar-refractivity contribution < 1.29 is 4.79 Å². The monoisotopic (exact) mass is 318 g/mol. The van der Waals surface area contributed by atoms with E-state index >= 15 is 0 Å². The van der Waals surface area contributed by atoms with Crippen molar-refractivity contribution in [2.24, 2.45) is 10.9 Å². The van der Waals surface area contributed by atoms with Gasteiger partial charge in [-0.15, -0.1) is 0 Å². The third-order valence-corrected chi connectivity index (χ3v) is 3.45. The zero-order valence-electron chi connectivity index (χ0n) is 14.8. The molecule has 1 aromatic carbocycles. The van der Waals surface area contributed by atoms with Gasteiger partial charge in [0.05, 0.1) is 0 Å². The van der Waals surface area contributed by atoms with Crippen molar-refractivity contribution in [2.45, 2.75) is 40.0 Å². The number of nitrogens with zero attached hydrogens (tertiary/aromatic N) is 1. The average Bonchev–Trinajstić information content (AvgIpc) is 2.50. The van der Waals surface area contributed by atoms with Gasteiger partial charge in [-0.25, -0.2) is 0 Å². The molecule has 0 bridgehead atoms. The Morgan fingerprint density at radius 2 is 1.78 bits per heavy atom. The van der Waals surface area contributed by atoms with E-state index in [2.05, 4.69) is 34.8 Å². The van der Waals surface area contributed by atoms with Crippen molar-refractivity contribution in [3.63, 3.8) is 0 Å². The Kier molecular flexibility index (Phi) is 8.80. The van der Waals surface area contributed by atoms with E-state index in [0.717, 1.165) is 43.5 Å². The Labute approximate surface area is 140 Å². The number of anilines is 1. The minimum atomic E-state index is -0.0493. The van der Waals surface area contributed by atoms with Gasteiger partial charge in [-0.3, -0.25) is 9.79 Å². The van der Waals surface area contributed by atoms with Crippen LogP contribution in [0.1, 0.15) is 39.2 Å². The van der Waals surface area contributed by atoms with Gasteiger partial charge in [0.25, 0.3) is 0 Å². The summed E-state index contributed by atoms with van der Waals surface area (Å²) in [6.07, 6.45) is 3.29. The molecule has 1 amide bonds. The maximum Gasteiger partial charge on any atom is 0.221 e. The molecule has 0 aliphatic heterocycles. The summed E-state index contributed by atoms with van der Waals surface area (Å²) in [7, 11) is 1.79. The van der Waals surface area contributed by atoms with Crippen molar-refractivity contribution >= 4 is 17.6 Å². The Morgan fingerprint density at radius 1 is 1.13 bits per heavy atom. The second kappa shape index (κ2) is 10.6. The molecular weight excluding hydrogens is 288 g/mol. The van der Waals surface area contributed by atoms with Crippen molar-refractivity contribution in [3.05, 3.63) is 29.8 Å². The molecule has 1 rings (SSSR count). The van der Waals surface area contributed by atoms with Crippen LogP contribution in [-0.2, 0) is 11.2 Å². The number of guanidine groups is 1. The predicted molar refractivity (Wildman–Crippen MR) is 97.9 cm³/mol. The van der Waals surface area contributed by atoms with E-state index in [0.29, 0.717) is 0 Å². The van der Waals surface area contributed by atoms with E-state index in [1.54, 1.807) is 7.05 Å². The van der Waals surface area contributed by atoms with Gasteiger partial charge >= 0.3 is 0 Å². The standard InChI is InChI=1S/C18H30N4O/c1-14(2)6-5-12-20-18(19-4)21-13-11-16-7-9-17(10-8-16)22-15(3)23/h7-10,14H,5-6,11-13H2,1-4H3,(H,22,23)(H2,19,20,21). The fourth-order valence-corrected chi connectivity index (χ4v) is 2.22. The Hall–Kier alpha value is -2.04. The molecule has 0 spiro atoms. The number of amides is 1. The summed E-state index contributed by atoms with van der Waals surface area (Å²) < 4.78 is 0. The molecule has 0 saturated carbocycles. The summed E-state index contributed by atoms with van der Waals surface area (Å²) in [5, 5.41) is 9.42. The quantitative estimate of drug-likeness (QED) is 0.392. The third kappa shape index (κ3) is 8.86. The number of hydrogen-bond acceptors (Lipinski definition) is 2. The number of nitrogens with one attached hydrogen (secondary N) is 3. The maximum atomic E-state index is 11.0. The molecular formula is C18H30N4O. The molecule has 0 radical (unpaired) electrons. The Morgan fingerprint density at radius 3 is 2.35 bits per heavy atom. The summed E-state index contributed by atoms with van der Waals surface area (Å²) in [6, 6.07) is 7.92. The first kappa shape index (κ1) is 19.0. The van der Waals surface area contributed by atoms with Gasteiger partial charge in [-0.05, 0) is 42.9 Å². The SMILES string of the molecule is CN=C(NCCCC(C)C)NCCc1ccc(NC(C)=O)cc1. The second-order valence-electron chi connectivity index (χ2n) is 6.09. The number of carbonyl (C=O) groups is 1. The molecule has 0 heterocycles. The lowest BCUT2D eigenvalue weighted by atomic mass is 10.1. The summed E-state index contributed by atoms with van der Waals surface area (Å²) >= 11 is 0. The van der Waals surface area contributed by atoms with Crippen LogP contribution in [0.4, 0.5) is 5.69 Å². The van der Waals surface area contributed by atoms with Gasteiger partial charge in [0.2, 0.25) is 5.91 Å². The minimum Gasteiger partial charge on any atom is -0.356 e. The number of carbonyl (C=O) groups excluding carboxylic acids is 1. The summed E-state index contributed by atoms with van der Waals surface area (Å²) in [5.41, 5.74) is 2.05. The lowest BCUT2D eigenvalue weighted by molar-refractivity contribution is -0.114. The number of rotatable bonds is 8. The van der Waals surface area contributed by atoms with Gasteiger partial charge in [0, 0.05) is 32.7 Å². The van der Waals surface area contributed by atoms with Crippen molar-refractivity contribution in [1.29, 1.82) is 0 Å². The second-order valence-corrected chi connectivity index (χ2v) is 6.09. The fraction of sp³-hybridized carbons (Fsp3) is 0.556. The van der Waals surface area contributed by atoms with E-state index in [1.807, 2.05) is 24.3 Å². The predicted octanol–water partition coefficient (Wildman–Crippen LogP) is 2.79. The first-order chi connectivity index (χ1) is 11.0. The van der Waals surface area contributed by atoms with Gasteiger partial charge in [-0.2, -0.15) is 0 Å². The Balaban J connectivity index is 2.27. The molecule has 5 heteroatoms. The normalized spacial score (nSPS) is 11.4. The molecule has 0 aromatic heterocycles. The zero-order valence-corrected chi connectivity index (χ0v) is 14.8. The molecule has 0 unspecified atom stereocenters. The van der Waals surface area contributed by atoms with Gasteiger partial charge in [0.1, 0.15) is 0 Å². The van der Waals surface area contributed by atoms with Crippen molar-refractivity contribution in [1.82, 2.24) is 10.6 Å². The highest BCUT2D eigenvalue weighted by atomic mass is 16.1. The van der Waals surface area contributed by atoms with E-state index in [9.17, 15) is 4.79 Å². The smallest absolute Gasteiger partial charge is 0.221 e. The van der Waals surface area contributed by atoms with Gasteiger partial charge in [-0.1, -0.05) is 26.0 Å².